The second-order valence-corrected chi connectivity index (χ2v) is 3.99. The summed E-state index contributed by atoms with van der Waals surface area (Å²) in [7, 11) is 1.63. The summed E-state index contributed by atoms with van der Waals surface area (Å²) in [5.74, 6) is 1.88. The lowest BCUT2D eigenvalue weighted by atomic mass is 10.3. The van der Waals surface area contributed by atoms with E-state index in [1.165, 1.54) is 0 Å². The average Bonchev–Trinajstić information content (AvgIpc) is 2.19. The van der Waals surface area contributed by atoms with Crippen LogP contribution < -0.4 is 0 Å². The number of aliphatic hydroxyl groups is 1. The van der Waals surface area contributed by atoms with Crippen LogP contribution >= 0.6 is 11.8 Å². The van der Waals surface area contributed by atoms with Gasteiger partial charge in [-0.2, -0.15) is 11.8 Å². The van der Waals surface area contributed by atoms with Gasteiger partial charge < -0.3 is 14.6 Å². The van der Waals surface area contributed by atoms with E-state index in [2.05, 4.69) is 6.92 Å². The molecule has 0 radical (unpaired) electrons. The fourth-order valence-corrected chi connectivity index (χ4v) is 1.50. The Hall–Kier alpha value is 0.230. The highest BCUT2D eigenvalue weighted by molar-refractivity contribution is 7.99. The normalized spacial score (nSPS) is 15.7. The third-order valence-electron chi connectivity index (χ3n) is 1.72. The maximum absolute atomic E-state index is 8.91. The first-order chi connectivity index (χ1) is 6.28. The fraction of sp³-hybridized carbons (Fsp3) is 1.00. The van der Waals surface area contributed by atoms with Crippen molar-refractivity contribution in [2.24, 2.45) is 0 Å². The van der Waals surface area contributed by atoms with Crippen LogP contribution in [0.25, 0.3) is 0 Å². The smallest absolute Gasteiger partial charge is 0.166 e. The van der Waals surface area contributed by atoms with Crippen LogP contribution in [0.4, 0.5) is 0 Å². The summed E-state index contributed by atoms with van der Waals surface area (Å²) in [6.45, 7) is 4.15. The first-order valence-corrected chi connectivity index (χ1v) is 5.80. The molecule has 2 unspecified atom stereocenters. The Labute approximate surface area is 84.8 Å². The number of aliphatic hydroxyl groups excluding tert-OH is 1. The zero-order chi connectivity index (χ0) is 10.1. The van der Waals surface area contributed by atoms with E-state index in [0.717, 1.165) is 17.9 Å². The van der Waals surface area contributed by atoms with Gasteiger partial charge in [0, 0.05) is 12.9 Å². The maximum atomic E-state index is 8.91. The molecule has 0 amide bonds. The summed E-state index contributed by atoms with van der Waals surface area (Å²) in [5, 5.41) is 8.91. The molecular formula is C9H20O3S. The van der Waals surface area contributed by atoms with Crippen molar-refractivity contribution in [3.8, 4) is 0 Å². The lowest BCUT2D eigenvalue weighted by Gasteiger charge is -2.21. The Morgan fingerprint density at radius 2 is 2.08 bits per heavy atom. The molecule has 0 saturated heterocycles. The van der Waals surface area contributed by atoms with E-state index in [1.54, 1.807) is 18.9 Å². The van der Waals surface area contributed by atoms with Gasteiger partial charge in [0.05, 0.1) is 12.7 Å². The van der Waals surface area contributed by atoms with Crippen molar-refractivity contribution >= 4 is 11.8 Å². The van der Waals surface area contributed by atoms with Crippen molar-refractivity contribution in [3.63, 3.8) is 0 Å². The molecule has 0 aliphatic carbocycles. The molecule has 0 saturated carbocycles. The van der Waals surface area contributed by atoms with Gasteiger partial charge in [0.15, 0.2) is 6.29 Å². The van der Waals surface area contributed by atoms with Gasteiger partial charge in [-0.25, -0.2) is 0 Å². The molecule has 0 spiro atoms. The second-order valence-electron chi connectivity index (χ2n) is 2.67. The predicted octanol–water partition coefficient (Wildman–Crippen LogP) is 1.50. The van der Waals surface area contributed by atoms with Crippen LogP contribution in [-0.4, -0.2) is 42.7 Å². The Morgan fingerprint density at radius 3 is 2.46 bits per heavy atom. The summed E-state index contributed by atoms with van der Waals surface area (Å²) in [5.41, 5.74) is 0. The van der Waals surface area contributed by atoms with E-state index in [9.17, 15) is 0 Å². The molecule has 0 aromatic heterocycles. The molecule has 0 aromatic carbocycles. The fourth-order valence-electron chi connectivity index (χ4n) is 0.860. The highest BCUT2D eigenvalue weighted by Crippen LogP contribution is 2.09. The minimum Gasteiger partial charge on any atom is -0.394 e. The molecule has 0 heterocycles. The Kier molecular flexibility index (Phi) is 8.97. The zero-order valence-corrected chi connectivity index (χ0v) is 9.47. The molecule has 80 valence electrons. The molecule has 3 nitrogen and oxygen atoms in total. The summed E-state index contributed by atoms with van der Waals surface area (Å²) >= 11 is 1.77. The molecule has 4 heteroatoms. The number of thioether (sulfide) groups is 1. The lowest BCUT2D eigenvalue weighted by molar-refractivity contribution is -0.151. The minimum absolute atomic E-state index is 0.0627. The van der Waals surface area contributed by atoms with Crippen LogP contribution in [-0.2, 0) is 9.47 Å². The molecule has 2 atom stereocenters. The van der Waals surface area contributed by atoms with Gasteiger partial charge in [-0.3, -0.25) is 0 Å². The number of ether oxygens (including phenoxy) is 2. The topological polar surface area (TPSA) is 38.7 Å². The average molecular weight is 208 g/mol. The highest BCUT2D eigenvalue weighted by atomic mass is 32.2. The van der Waals surface area contributed by atoms with Gasteiger partial charge >= 0.3 is 0 Å². The van der Waals surface area contributed by atoms with Gasteiger partial charge in [-0.15, -0.1) is 0 Å². The lowest BCUT2D eigenvalue weighted by Crippen LogP contribution is -2.27. The third-order valence-corrected chi connectivity index (χ3v) is 2.64. The molecule has 0 fully saturated rings. The van der Waals surface area contributed by atoms with Gasteiger partial charge in [0.1, 0.15) is 0 Å². The molecular weight excluding hydrogens is 188 g/mol. The first-order valence-electron chi connectivity index (χ1n) is 4.65. The molecule has 1 N–H and O–H groups in total. The predicted molar refractivity (Wildman–Crippen MR) is 56.0 cm³/mol. The Morgan fingerprint density at radius 1 is 1.38 bits per heavy atom. The highest BCUT2D eigenvalue weighted by Gasteiger charge is 2.13. The van der Waals surface area contributed by atoms with Crippen molar-refractivity contribution in [2.75, 3.05) is 25.2 Å². The molecule has 0 aliphatic rings. The molecule has 0 rings (SSSR count). The van der Waals surface area contributed by atoms with Crippen LogP contribution in [0.1, 0.15) is 20.3 Å². The van der Waals surface area contributed by atoms with E-state index in [-0.39, 0.29) is 19.0 Å². The summed E-state index contributed by atoms with van der Waals surface area (Å²) in [4.78, 5) is 0. The summed E-state index contributed by atoms with van der Waals surface area (Å²) < 4.78 is 10.6. The van der Waals surface area contributed by atoms with Crippen molar-refractivity contribution in [3.05, 3.63) is 0 Å². The summed E-state index contributed by atoms with van der Waals surface area (Å²) in [6.07, 6.45) is 0.525. The van der Waals surface area contributed by atoms with Crippen LogP contribution in [0.5, 0.6) is 0 Å². The van der Waals surface area contributed by atoms with E-state index in [0.29, 0.717) is 0 Å². The quantitative estimate of drug-likeness (QED) is 0.614. The van der Waals surface area contributed by atoms with Gasteiger partial charge in [-0.05, 0) is 12.2 Å². The van der Waals surface area contributed by atoms with Crippen molar-refractivity contribution in [2.45, 2.75) is 32.7 Å². The Balaban J connectivity index is 3.67. The maximum Gasteiger partial charge on any atom is 0.166 e. The Bertz CT molecular complexity index is 107. The molecule has 0 aliphatic heterocycles. The van der Waals surface area contributed by atoms with Gasteiger partial charge in [0.2, 0.25) is 0 Å². The van der Waals surface area contributed by atoms with E-state index < -0.39 is 0 Å². The van der Waals surface area contributed by atoms with E-state index in [1.807, 2.05) is 6.92 Å². The van der Waals surface area contributed by atoms with Gasteiger partial charge in [0.25, 0.3) is 0 Å². The largest absolute Gasteiger partial charge is 0.394 e. The number of hydrogen-bond donors (Lipinski definition) is 1. The summed E-state index contributed by atoms with van der Waals surface area (Å²) in [6, 6.07) is 0. The second kappa shape index (κ2) is 8.81. The zero-order valence-electron chi connectivity index (χ0n) is 8.66. The molecule has 0 bridgehead atoms. The van der Waals surface area contributed by atoms with Crippen molar-refractivity contribution in [1.82, 2.24) is 0 Å². The van der Waals surface area contributed by atoms with Crippen LogP contribution in [0.2, 0.25) is 0 Å². The standard InChI is InChI=1S/C9H20O3S/c1-4-8(6-10)12-9(11-3)7-13-5-2/h8-10H,4-7H2,1-3H3. The molecule has 13 heavy (non-hydrogen) atoms. The monoisotopic (exact) mass is 208 g/mol. The number of rotatable bonds is 8. The SMILES string of the molecule is CCSCC(OC)OC(CC)CO. The van der Waals surface area contributed by atoms with Gasteiger partial charge in [-0.1, -0.05) is 13.8 Å². The van der Waals surface area contributed by atoms with Crippen LogP contribution in [0.15, 0.2) is 0 Å². The first kappa shape index (κ1) is 13.2. The minimum atomic E-state index is -0.193. The third kappa shape index (κ3) is 6.32. The van der Waals surface area contributed by atoms with Crippen LogP contribution in [0.3, 0.4) is 0 Å². The van der Waals surface area contributed by atoms with Crippen LogP contribution in [0, 0.1) is 0 Å². The number of hydrogen-bond acceptors (Lipinski definition) is 4. The van der Waals surface area contributed by atoms with Crippen molar-refractivity contribution < 1.29 is 14.6 Å². The van der Waals surface area contributed by atoms with E-state index >= 15 is 0 Å². The van der Waals surface area contributed by atoms with E-state index in [4.69, 9.17) is 14.6 Å². The van der Waals surface area contributed by atoms with Crippen molar-refractivity contribution in [1.29, 1.82) is 0 Å². The molecule has 0 aromatic rings. The number of methoxy groups -OCH3 is 1.